The summed E-state index contributed by atoms with van der Waals surface area (Å²) in [6.07, 6.45) is 0. The number of nitrogens with two attached hydrogens (primary N) is 1. The van der Waals surface area contributed by atoms with E-state index < -0.39 is 0 Å². The zero-order valence-electron chi connectivity index (χ0n) is 9.86. The number of benzene rings is 1. The minimum absolute atomic E-state index is 0. The first-order chi connectivity index (χ1) is 7.17. The lowest BCUT2D eigenvalue weighted by Gasteiger charge is -2.17. The highest BCUT2D eigenvalue weighted by molar-refractivity contribution is 5.94. The molecule has 0 aliphatic heterocycles. The highest BCUT2D eigenvalue weighted by Gasteiger charge is 2.01. The normalized spacial score (nSPS) is 9.94. The number of nitrogens with zero attached hydrogens (tertiary/aromatic N) is 1. The summed E-state index contributed by atoms with van der Waals surface area (Å²) in [4.78, 5) is 2.35. The molecule has 0 fully saturated rings. The fraction of sp³-hybridized carbons (Fsp3) is 0.417. The zero-order valence-corrected chi connectivity index (χ0v) is 10.7. The molecule has 4 heteroatoms. The van der Waals surface area contributed by atoms with Gasteiger partial charge in [0.05, 0.1) is 0 Å². The second-order valence-corrected chi connectivity index (χ2v) is 3.57. The average molecular weight is 242 g/mol. The van der Waals surface area contributed by atoms with Crippen molar-refractivity contribution in [3.05, 3.63) is 35.4 Å². The molecule has 0 saturated carbocycles. The molecule has 1 aromatic carbocycles. The first-order valence-corrected chi connectivity index (χ1v) is 5.33. The van der Waals surface area contributed by atoms with Crippen LogP contribution in [0.15, 0.2) is 24.3 Å². The Morgan fingerprint density at radius 1 is 1.19 bits per heavy atom. The molecule has 0 aliphatic rings. The Morgan fingerprint density at radius 2 is 1.69 bits per heavy atom. The van der Waals surface area contributed by atoms with E-state index in [2.05, 4.69) is 18.7 Å². The van der Waals surface area contributed by atoms with E-state index in [0.717, 1.165) is 25.2 Å². The first kappa shape index (κ1) is 14.9. The van der Waals surface area contributed by atoms with Gasteiger partial charge in [-0.05, 0) is 18.7 Å². The lowest BCUT2D eigenvalue weighted by molar-refractivity contribution is 0.296. The summed E-state index contributed by atoms with van der Waals surface area (Å²) in [5.74, 6) is 0.129. The summed E-state index contributed by atoms with van der Waals surface area (Å²) < 4.78 is 0. The smallest absolute Gasteiger partial charge is 0.122 e. The molecular formula is C12H20ClN3. The van der Waals surface area contributed by atoms with Crippen molar-refractivity contribution in [2.75, 3.05) is 13.1 Å². The van der Waals surface area contributed by atoms with Crippen molar-refractivity contribution in [1.29, 1.82) is 5.41 Å². The summed E-state index contributed by atoms with van der Waals surface area (Å²) in [7, 11) is 0. The van der Waals surface area contributed by atoms with E-state index in [1.807, 2.05) is 24.3 Å². The average Bonchev–Trinajstić information content (AvgIpc) is 2.26. The van der Waals surface area contributed by atoms with Crippen LogP contribution in [0, 0.1) is 5.41 Å². The molecular weight excluding hydrogens is 222 g/mol. The third-order valence-electron chi connectivity index (χ3n) is 2.57. The highest BCUT2D eigenvalue weighted by atomic mass is 35.5. The molecule has 0 radical (unpaired) electrons. The number of halogens is 1. The first-order valence-electron chi connectivity index (χ1n) is 5.33. The van der Waals surface area contributed by atoms with Crippen LogP contribution >= 0.6 is 12.4 Å². The number of nitrogen functional groups attached to an aromatic ring is 1. The number of nitrogens with one attached hydrogen (secondary N) is 1. The van der Waals surface area contributed by atoms with Crippen LogP contribution in [0.5, 0.6) is 0 Å². The second kappa shape index (κ2) is 7.25. The largest absolute Gasteiger partial charge is 0.384 e. The summed E-state index contributed by atoms with van der Waals surface area (Å²) in [5, 5.41) is 7.29. The summed E-state index contributed by atoms with van der Waals surface area (Å²) in [5.41, 5.74) is 7.45. The number of hydrogen-bond donors (Lipinski definition) is 2. The molecule has 0 heterocycles. The van der Waals surface area contributed by atoms with Crippen molar-refractivity contribution in [3.8, 4) is 0 Å². The van der Waals surface area contributed by atoms with E-state index in [0.29, 0.717) is 0 Å². The van der Waals surface area contributed by atoms with Gasteiger partial charge < -0.3 is 5.73 Å². The maximum Gasteiger partial charge on any atom is 0.122 e. The summed E-state index contributed by atoms with van der Waals surface area (Å²) in [6, 6.07) is 7.88. The van der Waals surface area contributed by atoms with Gasteiger partial charge in [0.1, 0.15) is 5.84 Å². The number of amidine groups is 1. The Balaban J connectivity index is 0.00000225. The van der Waals surface area contributed by atoms with Gasteiger partial charge in [0.2, 0.25) is 0 Å². The van der Waals surface area contributed by atoms with Crippen molar-refractivity contribution in [2.24, 2.45) is 5.73 Å². The lowest BCUT2D eigenvalue weighted by atomic mass is 10.1. The maximum absolute atomic E-state index is 7.29. The molecule has 3 N–H and O–H groups in total. The highest BCUT2D eigenvalue weighted by Crippen LogP contribution is 2.06. The van der Waals surface area contributed by atoms with Gasteiger partial charge in [0.15, 0.2) is 0 Å². The van der Waals surface area contributed by atoms with Crippen LogP contribution in [-0.4, -0.2) is 23.8 Å². The summed E-state index contributed by atoms with van der Waals surface area (Å²) in [6.45, 7) is 7.40. The van der Waals surface area contributed by atoms with Gasteiger partial charge in [-0.15, -0.1) is 12.4 Å². The van der Waals surface area contributed by atoms with Crippen LogP contribution in [-0.2, 0) is 6.54 Å². The van der Waals surface area contributed by atoms with Gasteiger partial charge in [-0.3, -0.25) is 10.3 Å². The molecule has 0 atom stereocenters. The predicted molar refractivity (Wildman–Crippen MR) is 71.3 cm³/mol. The Morgan fingerprint density at radius 3 is 2.06 bits per heavy atom. The zero-order chi connectivity index (χ0) is 11.3. The fourth-order valence-corrected chi connectivity index (χ4v) is 1.50. The van der Waals surface area contributed by atoms with Gasteiger partial charge in [-0.25, -0.2) is 0 Å². The summed E-state index contributed by atoms with van der Waals surface area (Å²) >= 11 is 0. The minimum Gasteiger partial charge on any atom is -0.384 e. The van der Waals surface area contributed by atoms with Crippen LogP contribution in [0.3, 0.4) is 0 Å². The lowest BCUT2D eigenvalue weighted by Crippen LogP contribution is -2.22. The molecule has 0 saturated heterocycles. The standard InChI is InChI=1S/C12H19N3.ClH/c1-3-15(4-2)9-10-5-7-11(8-6-10)12(13)14;/h5-8H,3-4,9H2,1-2H3,(H3,13,14);1H. The van der Waals surface area contributed by atoms with Crippen LogP contribution in [0.4, 0.5) is 0 Å². The quantitative estimate of drug-likeness (QED) is 0.614. The molecule has 0 bridgehead atoms. The predicted octanol–water partition coefficient (Wildman–Crippen LogP) is 2.23. The van der Waals surface area contributed by atoms with Crippen molar-refractivity contribution < 1.29 is 0 Å². The molecule has 90 valence electrons. The van der Waals surface area contributed by atoms with Crippen LogP contribution in [0.1, 0.15) is 25.0 Å². The van der Waals surface area contributed by atoms with E-state index in [-0.39, 0.29) is 18.2 Å². The fourth-order valence-electron chi connectivity index (χ4n) is 1.50. The third-order valence-corrected chi connectivity index (χ3v) is 2.57. The molecule has 0 amide bonds. The topological polar surface area (TPSA) is 53.1 Å². The van der Waals surface area contributed by atoms with Gasteiger partial charge in [0.25, 0.3) is 0 Å². The van der Waals surface area contributed by atoms with Crippen molar-refractivity contribution in [3.63, 3.8) is 0 Å². The Bertz CT molecular complexity index is 318. The molecule has 0 spiro atoms. The van der Waals surface area contributed by atoms with E-state index >= 15 is 0 Å². The van der Waals surface area contributed by atoms with Crippen LogP contribution < -0.4 is 5.73 Å². The Hall–Kier alpha value is -1.06. The molecule has 0 aromatic heterocycles. The number of hydrogen-bond acceptors (Lipinski definition) is 2. The van der Waals surface area contributed by atoms with Gasteiger partial charge >= 0.3 is 0 Å². The van der Waals surface area contributed by atoms with Crippen molar-refractivity contribution >= 4 is 18.2 Å². The molecule has 3 nitrogen and oxygen atoms in total. The van der Waals surface area contributed by atoms with E-state index in [1.165, 1.54) is 5.56 Å². The SMILES string of the molecule is CCN(CC)Cc1ccc(C(=N)N)cc1.Cl. The molecule has 0 aliphatic carbocycles. The maximum atomic E-state index is 7.29. The van der Waals surface area contributed by atoms with Crippen LogP contribution in [0.25, 0.3) is 0 Å². The number of rotatable bonds is 5. The molecule has 1 rings (SSSR count). The third kappa shape index (κ3) is 4.21. The van der Waals surface area contributed by atoms with Gasteiger partial charge in [-0.2, -0.15) is 0 Å². The van der Waals surface area contributed by atoms with E-state index in [9.17, 15) is 0 Å². The molecule has 1 aromatic rings. The van der Waals surface area contributed by atoms with Gasteiger partial charge in [0, 0.05) is 12.1 Å². The second-order valence-electron chi connectivity index (χ2n) is 3.57. The minimum atomic E-state index is 0. The van der Waals surface area contributed by atoms with E-state index in [1.54, 1.807) is 0 Å². The van der Waals surface area contributed by atoms with E-state index in [4.69, 9.17) is 11.1 Å². The van der Waals surface area contributed by atoms with Gasteiger partial charge in [-0.1, -0.05) is 38.1 Å². The monoisotopic (exact) mass is 241 g/mol. The van der Waals surface area contributed by atoms with Crippen molar-refractivity contribution in [2.45, 2.75) is 20.4 Å². The molecule has 0 unspecified atom stereocenters. The van der Waals surface area contributed by atoms with Crippen LogP contribution in [0.2, 0.25) is 0 Å². The van der Waals surface area contributed by atoms with Crippen molar-refractivity contribution in [1.82, 2.24) is 4.90 Å². The Kier molecular flexibility index (Phi) is 6.77. The Labute approximate surface area is 104 Å². The molecule has 16 heavy (non-hydrogen) atoms.